The minimum atomic E-state index is -1.62. The van der Waals surface area contributed by atoms with Crippen LogP contribution in [0, 0.1) is 0 Å². The van der Waals surface area contributed by atoms with Crippen LogP contribution in [0.4, 0.5) is 0 Å². The van der Waals surface area contributed by atoms with Crippen molar-refractivity contribution in [2.24, 2.45) is 0 Å². The number of aliphatic hydroxyl groups excluding tert-OH is 6. The number of amides is 1. The maximum absolute atomic E-state index is 13.1. The zero-order chi connectivity index (χ0) is 52.4. The molecule has 8 unspecified atom stereocenters. The van der Waals surface area contributed by atoms with Gasteiger partial charge in [0.05, 0.1) is 25.4 Å². The summed E-state index contributed by atoms with van der Waals surface area (Å²) in [6.07, 6.45) is 59.1. The zero-order valence-electron chi connectivity index (χ0n) is 46.3. The molecule has 0 aromatic heterocycles. The number of nitrogens with one attached hydrogen (secondary N) is 1. The van der Waals surface area contributed by atoms with Crippen molar-refractivity contribution < 1.29 is 44.9 Å². The Hall–Kier alpha value is -2.15. The van der Waals surface area contributed by atoms with E-state index in [0.29, 0.717) is 19.3 Å². The van der Waals surface area contributed by atoms with Crippen LogP contribution >= 0.6 is 0 Å². The zero-order valence-corrected chi connectivity index (χ0v) is 46.3. The maximum atomic E-state index is 13.1. The van der Waals surface area contributed by atoms with Crippen molar-refractivity contribution in [3.63, 3.8) is 0 Å². The van der Waals surface area contributed by atoms with Gasteiger partial charge in [0.25, 0.3) is 0 Å². The average Bonchev–Trinajstić information content (AvgIpc) is 3.38. The molecule has 0 aromatic rings. The third kappa shape index (κ3) is 39.3. The van der Waals surface area contributed by atoms with Crippen LogP contribution in [0.1, 0.15) is 264 Å². The third-order valence-corrected chi connectivity index (χ3v) is 14.2. The summed E-state index contributed by atoms with van der Waals surface area (Å²) in [4.78, 5) is 13.1. The second-order valence-corrected chi connectivity index (χ2v) is 20.9. The average molecular weight is 1020 g/mol. The van der Waals surface area contributed by atoms with Crippen LogP contribution in [0.3, 0.4) is 0 Å². The fraction of sp³-hybridized carbons (Fsp3) is 0.823. The molecule has 1 heterocycles. The molecular formula is C62H113NO9. The molecule has 1 fully saturated rings. The molecule has 0 bridgehead atoms. The first-order valence-electron chi connectivity index (χ1n) is 30.1. The summed E-state index contributed by atoms with van der Waals surface area (Å²) in [6.45, 7) is 3.59. The molecule has 0 saturated carbocycles. The number of rotatable bonds is 51. The molecule has 1 saturated heterocycles. The maximum Gasteiger partial charge on any atom is 0.249 e. The van der Waals surface area contributed by atoms with E-state index in [1.807, 2.05) is 6.08 Å². The van der Waals surface area contributed by atoms with Gasteiger partial charge in [-0.05, 0) is 77.0 Å². The number of aliphatic hydroxyl groups is 6. The molecule has 10 nitrogen and oxygen atoms in total. The molecule has 1 amide bonds. The van der Waals surface area contributed by atoms with Gasteiger partial charge in [0.15, 0.2) is 6.29 Å². The van der Waals surface area contributed by atoms with Gasteiger partial charge in [-0.1, -0.05) is 248 Å². The Morgan fingerprint density at radius 2 is 0.861 bits per heavy atom. The molecule has 10 heteroatoms. The SMILES string of the molecule is CCCCCCC/C=C/CC/C=C/CC/C=C/C(O)C(COC1OC(CO)C(O)C(O)C1O)NC(=O)C(O)CCCCCCCCCCCCCCCCCC/C=C\C/C=C\CCCCCCCCCCC. The van der Waals surface area contributed by atoms with Gasteiger partial charge in [-0.15, -0.1) is 0 Å². The molecule has 8 atom stereocenters. The second-order valence-electron chi connectivity index (χ2n) is 20.9. The smallest absolute Gasteiger partial charge is 0.249 e. The van der Waals surface area contributed by atoms with Crippen molar-refractivity contribution in [1.82, 2.24) is 5.32 Å². The minimum Gasteiger partial charge on any atom is -0.394 e. The second kappa shape index (κ2) is 51.0. The van der Waals surface area contributed by atoms with Crippen molar-refractivity contribution in [3.05, 3.63) is 60.8 Å². The van der Waals surface area contributed by atoms with Crippen molar-refractivity contribution in [2.75, 3.05) is 13.2 Å². The molecule has 0 aliphatic carbocycles. The number of carbonyl (C=O) groups excluding carboxylic acids is 1. The monoisotopic (exact) mass is 1020 g/mol. The third-order valence-electron chi connectivity index (χ3n) is 14.2. The molecule has 0 aromatic carbocycles. The Labute approximate surface area is 441 Å². The molecule has 1 rings (SSSR count). The van der Waals surface area contributed by atoms with E-state index >= 15 is 0 Å². The van der Waals surface area contributed by atoms with Crippen molar-refractivity contribution in [3.8, 4) is 0 Å². The van der Waals surface area contributed by atoms with Gasteiger partial charge in [-0.3, -0.25) is 4.79 Å². The lowest BCUT2D eigenvalue weighted by atomic mass is 9.99. The largest absolute Gasteiger partial charge is 0.394 e. The Morgan fingerprint density at radius 1 is 0.486 bits per heavy atom. The Bertz CT molecular complexity index is 1330. The van der Waals surface area contributed by atoms with Crippen molar-refractivity contribution in [1.29, 1.82) is 0 Å². The highest BCUT2D eigenvalue weighted by Gasteiger charge is 2.44. The number of unbranched alkanes of at least 4 members (excludes halogenated alkanes) is 32. The summed E-state index contributed by atoms with van der Waals surface area (Å²) in [5.41, 5.74) is 0. The standard InChI is InChI=1S/C62H113NO9/c1-3-5-7-9-11-13-15-17-19-20-21-22-23-24-25-26-27-28-29-30-31-32-33-34-35-37-39-41-43-45-47-49-51-56(66)61(70)63-54(53-71-62-60(69)59(68)58(67)57(52-64)72-62)55(65)50-48-46-44-42-40-38-36-18-16-14-12-10-8-6-4-2/h16,18,21-22,24-25,40,42,48,50,54-60,62,64-69H,3-15,17,19-20,23,26-39,41,43-47,49,51-53H2,1-2H3,(H,63,70)/b18-16+,22-21-,25-24-,42-40+,50-48+. The molecule has 1 aliphatic heterocycles. The quantitative estimate of drug-likeness (QED) is 0.0232. The summed E-state index contributed by atoms with van der Waals surface area (Å²) >= 11 is 0. The van der Waals surface area contributed by atoms with E-state index in [4.69, 9.17) is 9.47 Å². The summed E-state index contributed by atoms with van der Waals surface area (Å²) < 4.78 is 11.2. The number of ether oxygens (including phenoxy) is 2. The highest BCUT2D eigenvalue weighted by Crippen LogP contribution is 2.23. The number of hydrogen-bond acceptors (Lipinski definition) is 9. The number of hydrogen-bond donors (Lipinski definition) is 7. The van der Waals surface area contributed by atoms with Crippen LogP contribution in [0.5, 0.6) is 0 Å². The van der Waals surface area contributed by atoms with Crippen LogP contribution < -0.4 is 5.32 Å². The van der Waals surface area contributed by atoms with Crippen LogP contribution in [-0.4, -0.2) is 98.7 Å². The first kappa shape index (κ1) is 67.9. The van der Waals surface area contributed by atoms with Crippen LogP contribution in [0.25, 0.3) is 0 Å². The van der Waals surface area contributed by atoms with Crippen LogP contribution in [0.2, 0.25) is 0 Å². The highest BCUT2D eigenvalue weighted by atomic mass is 16.7. The number of allylic oxidation sites excluding steroid dienone is 9. The van der Waals surface area contributed by atoms with E-state index in [-0.39, 0.29) is 6.61 Å². The van der Waals surface area contributed by atoms with E-state index < -0.39 is 61.5 Å². The summed E-state index contributed by atoms with van der Waals surface area (Å²) in [5, 5.41) is 65.0. The van der Waals surface area contributed by atoms with Gasteiger partial charge in [0.2, 0.25) is 5.91 Å². The van der Waals surface area contributed by atoms with Crippen LogP contribution in [0.15, 0.2) is 60.8 Å². The summed E-state index contributed by atoms with van der Waals surface area (Å²) in [5.74, 6) is -0.630. The first-order chi connectivity index (χ1) is 35.3. The first-order valence-corrected chi connectivity index (χ1v) is 30.1. The molecule has 7 N–H and O–H groups in total. The predicted molar refractivity (Wildman–Crippen MR) is 301 cm³/mol. The number of carbonyl (C=O) groups is 1. The fourth-order valence-electron chi connectivity index (χ4n) is 9.29. The van der Waals surface area contributed by atoms with Gasteiger partial charge < -0.3 is 45.4 Å². The topological polar surface area (TPSA) is 169 Å². The van der Waals surface area contributed by atoms with Crippen LogP contribution in [-0.2, 0) is 14.3 Å². The Morgan fingerprint density at radius 3 is 1.29 bits per heavy atom. The summed E-state index contributed by atoms with van der Waals surface area (Å²) in [7, 11) is 0. The lowest BCUT2D eigenvalue weighted by Crippen LogP contribution is -2.60. The molecule has 420 valence electrons. The van der Waals surface area contributed by atoms with Crippen molar-refractivity contribution in [2.45, 2.75) is 313 Å². The highest BCUT2D eigenvalue weighted by molar-refractivity contribution is 5.80. The molecule has 0 radical (unpaired) electrons. The Kier molecular flexibility index (Phi) is 48.1. The Balaban J connectivity index is 2.19. The normalized spacial score (nSPS) is 20.0. The van der Waals surface area contributed by atoms with E-state index in [1.165, 1.54) is 180 Å². The van der Waals surface area contributed by atoms with E-state index in [2.05, 4.69) is 67.8 Å². The van der Waals surface area contributed by atoms with Crippen molar-refractivity contribution >= 4 is 5.91 Å². The lowest BCUT2D eigenvalue weighted by molar-refractivity contribution is -0.302. The van der Waals surface area contributed by atoms with E-state index in [9.17, 15) is 35.4 Å². The lowest BCUT2D eigenvalue weighted by Gasteiger charge is -2.40. The van der Waals surface area contributed by atoms with E-state index in [1.54, 1.807) is 6.08 Å². The van der Waals surface area contributed by atoms with Gasteiger partial charge in [0, 0.05) is 0 Å². The summed E-state index contributed by atoms with van der Waals surface area (Å²) in [6, 6.07) is -1.01. The molecule has 0 spiro atoms. The van der Waals surface area contributed by atoms with Gasteiger partial charge >= 0.3 is 0 Å². The fourth-order valence-corrected chi connectivity index (χ4v) is 9.29. The van der Waals surface area contributed by atoms with Gasteiger partial charge in [-0.2, -0.15) is 0 Å². The predicted octanol–water partition coefficient (Wildman–Crippen LogP) is 14.0. The van der Waals surface area contributed by atoms with Gasteiger partial charge in [0.1, 0.15) is 30.5 Å². The minimum absolute atomic E-state index is 0.300. The molecule has 1 aliphatic rings. The van der Waals surface area contributed by atoms with E-state index in [0.717, 1.165) is 51.4 Å². The van der Waals surface area contributed by atoms with Gasteiger partial charge in [-0.25, -0.2) is 0 Å². The molecular weight excluding hydrogens is 903 g/mol. The molecule has 72 heavy (non-hydrogen) atoms.